The maximum atomic E-state index is 11.8. The molecule has 0 aliphatic carbocycles. The van der Waals surface area contributed by atoms with Gasteiger partial charge in [0.1, 0.15) is 5.82 Å². The number of hydrogen-bond donors (Lipinski definition) is 2. The van der Waals surface area contributed by atoms with Crippen LogP contribution in [0, 0.1) is 0 Å². The highest BCUT2D eigenvalue weighted by atomic mass is 35.5. The van der Waals surface area contributed by atoms with Gasteiger partial charge in [-0.2, -0.15) is 0 Å². The van der Waals surface area contributed by atoms with Crippen LogP contribution < -0.4 is 11.1 Å². The number of amides is 1. The third kappa shape index (κ3) is 3.19. The van der Waals surface area contributed by atoms with Crippen LogP contribution in [0.25, 0.3) is 0 Å². The van der Waals surface area contributed by atoms with Gasteiger partial charge in [0.2, 0.25) is 0 Å². The van der Waals surface area contributed by atoms with Crippen molar-refractivity contribution in [3.8, 4) is 0 Å². The Labute approximate surface area is 105 Å². The zero-order valence-electron chi connectivity index (χ0n) is 8.96. The number of rotatable bonds is 2. The van der Waals surface area contributed by atoms with E-state index in [0.29, 0.717) is 17.1 Å². The van der Waals surface area contributed by atoms with Gasteiger partial charge in [-0.1, -0.05) is 18.2 Å². The Hall–Kier alpha value is -2.07. The fourth-order valence-corrected chi connectivity index (χ4v) is 1.32. The zero-order valence-corrected chi connectivity index (χ0v) is 9.78. The van der Waals surface area contributed by atoms with Crippen molar-refractivity contribution in [2.45, 2.75) is 0 Å². The Balaban J connectivity index is 0.00000144. The van der Waals surface area contributed by atoms with Gasteiger partial charge in [0.15, 0.2) is 0 Å². The van der Waals surface area contributed by atoms with Crippen LogP contribution in [-0.2, 0) is 0 Å². The van der Waals surface area contributed by atoms with Crippen LogP contribution in [0.15, 0.2) is 48.7 Å². The Morgan fingerprint density at radius 1 is 1.12 bits per heavy atom. The summed E-state index contributed by atoms with van der Waals surface area (Å²) in [5.74, 6) is 0.257. The standard InChI is InChI=1S/C12H11N3O.ClH/c13-10-6-2-1-5-9(10)12(16)15-11-7-3-4-8-14-11;/h1-8H,13H2,(H,14,15,16);1H. The Morgan fingerprint density at radius 2 is 1.82 bits per heavy atom. The first-order valence-electron chi connectivity index (χ1n) is 4.84. The molecule has 17 heavy (non-hydrogen) atoms. The fraction of sp³-hybridized carbons (Fsp3) is 0. The minimum Gasteiger partial charge on any atom is -0.398 e. The minimum atomic E-state index is -0.253. The normalized spacial score (nSPS) is 9.18. The SMILES string of the molecule is Cl.Nc1ccccc1C(=O)Nc1ccccn1. The Kier molecular flexibility index (Phi) is 4.48. The number of nitrogens with one attached hydrogen (secondary N) is 1. The van der Waals surface area contributed by atoms with Gasteiger partial charge >= 0.3 is 0 Å². The molecule has 0 bridgehead atoms. The topological polar surface area (TPSA) is 68.0 Å². The van der Waals surface area contributed by atoms with E-state index >= 15 is 0 Å². The highest BCUT2D eigenvalue weighted by Crippen LogP contribution is 2.12. The molecular weight excluding hydrogens is 238 g/mol. The second kappa shape index (κ2) is 5.86. The van der Waals surface area contributed by atoms with E-state index in [-0.39, 0.29) is 18.3 Å². The molecule has 0 saturated carbocycles. The predicted molar refractivity (Wildman–Crippen MR) is 70.3 cm³/mol. The number of para-hydroxylation sites is 1. The third-order valence-corrected chi connectivity index (χ3v) is 2.11. The smallest absolute Gasteiger partial charge is 0.258 e. The first-order chi connectivity index (χ1) is 7.77. The van der Waals surface area contributed by atoms with E-state index in [9.17, 15) is 4.79 Å². The van der Waals surface area contributed by atoms with Crippen molar-refractivity contribution >= 4 is 29.8 Å². The molecular formula is C12H12ClN3O. The second-order valence-electron chi connectivity index (χ2n) is 3.26. The molecule has 0 unspecified atom stereocenters. The van der Waals surface area contributed by atoms with Crippen molar-refractivity contribution < 1.29 is 4.79 Å². The average Bonchev–Trinajstić information content (AvgIpc) is 2.31. The van der Waals surface area contributed by atoms with E-state index < -0.39 is 0 Å². The molecule has 0 atom stereocenters. The van der Waals surface area contributed by atoms with E-state index in [4.69, 9.17) is 5.73 Å². The number of nitrogens with two attached hydrogens (primary N) is 1. The molecule has 1 aromatic heterocycles. The molecule has 1 amide bonds. The highest BCUT2D eigenvalue weighted by molar-refractivity contribution is 6.07. The summed E-state index contributed by atoms with van der Waals surface area (Å²) < 4.78 is 0. The fourth-order valence-electron chi connectivity index (χ4n) is 1.32. The van der Waals surface area contributed by atoms with Crippen molar-refractivity contribution in [1.82, 2.24) is 4.98 Å². The molecule has 1 aromatic carbocycles. The van der Waals surface area contributed by atoms with Gasteiger partial charge in [0.05, 0.1) is 5.56 Å². The number of carbonyl (C=O) groups is 1. The lowest BCUT2D eigenvalue weighted by Gasteiger charge is -2.05. The van der Waals surface area contributed by atoms with Crippen molar-refractivity contribution in [1.29, 1.82) is 0 Å². The van der Waals surface area contributed by atoms with Crippen molar-refractivity contribution in [3.63, 3.8) is 0 Å². The lowest BCUT2D eigenvalue weighted by atomic mass is 10.1. The lowest BCUT2D eigenvalue weighted by Crippen LogP contribution is -2.14. The van der Waals surface area contributed by atoms with Crippen molar-refractivity contribution in [2.75, 3.05) is 11.1 Å². The average molecular weight is 250 g/mol. The monoisotopic (exact) mass is 249 g/mol. The molecule has 5 heteroatoms. The second-order valence-corrected chi connectivity index (χ2v) is 3.26. The summed E-state index contributed by atoms with van der Waals surface area (Å²) >= 11 is 0. The summed E-state index contributed by atoms with van der Waals surface area (Å²) in [5.41, 5.74) is 6.60. The summed E-state index contributed by atoms with van der Waals surface area (Å²) in [4.78, 5) is 15.8. The number of pyridine rings is 1. The van der Waals surface area contributed by atoms with Gasteiger partial charge in [-0.3, -0.25) is 4.79 Å². The number of halogens is 1. The molecule has 3 N–H and O–H groups in total. The van der Waals surface area contributed by atoms with Gasteiger partial charge < -0.3 is 11.1 Å². The molecule has 0 aliphatic rings. The molecule has 88 valence electrons. The van der Waals surface area contributed by atoms with Crippen molar-refractivity contribution in [2.24, 2.45) is 0 Å². The van der Waals surface area contributed by atoms with E-state index in [1.165, 1.54) is 0 Å². The summed E-state index contributed by atoms with van der Waals surface area (Å²) in [5, 5.41) is 2.67. The Morgan fingerprint density at radius 3 is 2.47 bits per heavy atom. The largest absolute Gasteiger partial charge is 0.398 e. The quantitative estimate of drug-likeness (QED) is 0.803. The van der Waals surface area contributed by atoms with Crippen LogP contribution in [0.1, 0.15) is 10.4 Å². The van der Waals surface area contributed by atoms with Crippen LogP contribution in [0.4, 0.5) is 11.5 Å². The number of carbonyl (C=O) groups excluding carboxylic acids is 1. The Bertz CT molecular complexity index is 502. The van der Waals surface area contributed by atoms with Crippen molar-refractivity contribution in [3.05, 3.63) is 54.2 Å². The zero-order chi connectivity index (χ0) is 11.4. The molecule has 0 fully saturated rings. The molecule has 1 heterocycles. The van der Waals surface area contributed by atoms with Gasteiger partial charge in [-0.25, -0.2) is 4.98 Å². The number of benzene rings is 1. The number of aromatic nitrogens is 1. The van der Waals surface area contributed by atoms with Gasteiger partial charge in [0.25, 0.3) is 5.91 Å². The third-order valence-electron chi connectivity index (χ3n) is 2.11. The molecule has 2 rings (SSSR count). The van der Waals surface area contributed by atoms with Gasteiger partial charge in [0, 0.05) is 11.9 Å². The number of nitrogens with zero attached hydrogens (tertiary/aromatic N) is 1. The summed E-state index contributed by atoms with van der Waals surface area (Å²) in [6.45, 7) is 0. The summed E-state index contributed by atoms with van der Waals surface area (Å²) in [6, 6.07) is 12.2. The molecule has 0 radical (unpaired) electrons. The molecule has 0 aliphatic heterocycles. The van der Waals surface area contributed by atoms with Gasteiger partial charge in [-0.15, -0.1) is 12.4 Å². The predicted octanol–water partition coefficient (Wildman–Crippen LogP) is 2.34. The number of nitrogen functional groups attached to an aromatic ring is 1. The van der Waals surface area contributed by atoms with E-state index in [1.54, 1.807) is 48.7 Å². The minimum absolute atomic E-state index is 0. The van der Waals surface area contributed by atoms with Crippen LogP contribution in [0.2, 0.25) is 0 Å². The first kappa shape index (κ1) is 13.0. The number of anilines is 2. The first-order valence-corrected chi connectivity index (χ1v) is 4.84. The van der Waals surface area contributed by atoms with E-state index in [1.807, 2.05) is 0 Å². The van der Waals surface area contributed by atoms with Crippen LogP contribution in [0.3, 0.4) is 0 Å². The van der Waals surface area contributed by atoms with Crippen LogP contribution >= 0.6 is 12.4 Å². The van der Waals surface area contributed by atoms with Crippen LogP contribution in [-0.4, -0.2) is 10.9 Å². The summed E-state index contributed by atoms with van der Waals surface area (Å²) in [7, 11) is 0. The van der Waals surface area contributed by atoms with Gasteiger partial charge in [-0.05, 0) is 24.3 Å². The maximum Gasteiger partial charge on any atom is 0.258 e. The van der Waals surface area contributed by atoms with E-state index in [0.717, 1.165) is 0 Å². The maximum absolute atomic E-state index is 11.8. The molecule has 4 nitrogen and oxygen atoms in total. The number of hydrogen-bond acceptors (Lipinski definition) is 3. The lowest BCUT2D eigenvalue weighted by molar-refractivity contribution is 0.102. The molecule has 2 aromatic rings. The highest BCUT2D eigenvalue weighted by Gasteiger charge is 2.08. The molecule has 0 spiro atoms. The molecule has 0 saturated heterocycles. The summed E-state index contributed by atoms with van der Waals surface area (Å²) in [6.07, 6.45) is 1.62. The van der Waals surface area contributed by atoms with E-state index in [2.05, 4.69) is 10.3 Å². The van der Waals surface area contributed by atoms with Crippen LogP contribution in [0.5, 0.6) is 0 Å².